The fourth-order valence-corrected chi connectivity index (χ4v) is 2.72. The van der Waals surface area contributed by atoms with Crippen molar-refractivity contribution in [2.75, 3.05) is 7.11 Å². The van der Waals surface area contributed by atoms with Gasteiger partial charge in [0.25, 0.3) is 0 Å². The van der Waals surface area contributed by atoms with Gasteiger partial charge >= 0.3 is 5.97 Å². The third kappa shape index (κ3) is 4.03. The van der Waals surface area contributed by atoms with Crippen molar-refractivity contribution in [2.24, 2.45) is 10.2 Å². The minimum atomic E-state index is -0.938. The predicted molar refractivity (Wildman–Crippen MR) is 99.6 cm³/mol. The number of rotatable bonds is 6. The molecule has 0 fully saturated rings. The van der Waals surface area contributed by atoms with Crippen molar-refractivity contribution >= 4 is 17.5 Å². The van der Waals surface area contributed by atoms with Gasteiger partial charge in [-0.3, -0.25) is 9.59 Å². The minimum Gasteiger partial charge on any atom is -0.463 e. The number of azo groups is 1. The second-order valence-electron chi connectivity index (χ2n) is 6.12. The molecule has 1 aromatic carbocycles. The van der Waals surface area contributed by atoms with Crippen molar-refractivity contribution in [1.82, 2.24) is 0 Å². The van der Waals surface area contributed by atoms with Gasteiger partial charge in [-0.25, -0.2) is 4.79 Å². The van der Waals surface area contributed by atoms with E-state index in [1.54, 1.807) is 6.08 Å². The van der Waals surface area contributed by atoms with Gasteiger partial charge in [-0.05, 0) is 24.1 Å². The van der Waals surface area contributed by atoms with Crippen LogP contribution < -0.4 is 0 Å². The van der Waals surface area contributed by atoms with Gasteiger partial charge in [-0.2, -0.15) is 10.2 Å². The Morgan fingerprint density at radius 1 is 1.18 bits per heavy atom. The van der Waals surface area contributed by atoms with Crippen LogP contribution in [0.3, 0.4) is 0 Å². The molecule has 1 aromatic heterocycles. The Hall–Kier alpha value is -3.61. The number of hydrogen-bond donors (Lipinski definition) is 0. The van der Waals surface area contributed by atoms with Crippen LogP contribution in [0.2, 0.25) is 0 Å². The summed E-state index contributed by atoms with van der Waals surface area (Å²) >= 11 is 0. The average molecular weight is 378 g/mol. The van der Waals surface area contributed by atoms with Crippen molar-refractivity contribution in [1.29, 1.82) is 0 Å². The molecule has 142 valence electrons. The lowest BCUT2D eigenvalue weighted by molar-refractivity contribution is -0.132. The summed E-state index contributed by atoms with van der Waals surface area (Å²) in [5.74, 6) is -1.81. The summed E-state index contributed by atoms with van der Waals surface area (Å²) in [6, 6.07) is 11.5. The highest BCUT2D eigenvalue weighted by Gasteiger charge is 2.33. The molecule has 2 aromatic rings. The smallest absolute Gasteiger partial charge is 0.373 e. The van der Waals surface area contributed by atoms with Crippen LogP contribution >= 0.6 is 0 Å². The van der Waals surface area contributed by atoms with E-state index in [0.29, 0.717) is 6.54 Å². The molecule has 7 nitrogen and oxygen atoms in total. The van der Waals surface area contributed by atoms with Crippen LogP contribution in [-0.2, 0) is 20.9 Å². The number of benzene rings is 1. The van der Waals surface area contributed by atoms with Crippen LogP contribution in [-0.4, -0.2) is 24.6 Å². The highest BCUT2D eigenvalue weighted by Crippen LogP contribution is 2.32. The highest BCUT2D eigenvalue weighted by atomic mass is 16.5. The lowest BCUT2D eigenvalue weighted by Crippen LogP contribution is -2.24. The SMILES string of the molecule is C=C1CC=C(C(N=NCc2ccccc2)c2ccc(C(=O)OC)o2)C(=O)C1=O. The van der Waals surface area contributed by atoms with E-state index < -0.39 is 23.6 Å². The lowest BCUT2D eigenvalue weighted by Gasteiger charge is -2.16. The molecule has 0 radical (unpaired) electrons. The first-order valence-electron chi connectivity index (χ1n) is 8.56. The molecule has 0 amide bonds. The molecule has 1 heterocycles. The molecule has 1 aliphatic rings. The number of Topliss-reactive ketones (excluding diaryl/α,β-unsaturated/α-hetero) is 2. The molecule has 0 saturated carbocycles. The number of allylic oxidation sites excluding steroid dienone is 2. The topological polar surface area (TPSA) is 98.3 Å². The Labute approximate surface area is 161 Å². The number of carbonyl (C=O) groups excluding carboxylic acids is 3. The van der Waals surface area contributed by atoms with E-state index >= 15 is 0 Å². The zero-order valence-corrected chi connectivity index (χ0v) is 15.3. The van der Waals surface area contributed by atoms with E-state index in [2.05, 4.69) is 21.5 Å². The summed E-state index contributed by atoms with van der Waals surface area (Å²) < 4.78 is 10.1. The van der Waals surface area contributed by atoms with Crippen LogP contribution in [0.5, 0.6) is 0 Å². The van der Waals surface area contributed by atoms with E-state index in [1.807, 2.05) is 30.3 Å². The normalized spacial score (nSPS) is 15.6. The van der Waals surface area contributed by atoms with E-state index in [9.17, 15) is 14.4 Å². The second-order valence-corrected chi connectivity index (χ2v) is 6.12. The second kappa shape index (κ2) is 8.39. The van der Waals surface area contributed by atoms with E-state index in [-0.39, 0.29) is 29.1 Å². The molecular formula is C21H18N2O5. The molecule has 28 heavy (non-hydrogen) atoms. The maximum atomic E-state index is 12.5. The summed E-state index contributed by atoms with van der Waals surface area (Å²) in [6.07, 6.45) is 1.84. The molecule has 1 aliphatic carbocycles. The molecule has 7 heteroatoms. The number of carbonyl (C=O) groups is 3. The first-order chi connectivity index (χ1) is 13.5. The van der Waals surface area contributed by atoms with Gasteiger partial charge in [-0.1, -0.05) is 43.0 Å². The van der Waals surface area contributed by atoms with E-state index in [1.165, 1.54) is 19.2 Å². The Kier molecular flexibility index (Phi) is 5.74. The van der Waals surface area contributed by atoms with Gasteiger partial charge in [0.15, 0.2) is 6.04 Å². The summed E-state index contributed by atoms with van der Waals surface area (Å²) in [6.45, 7) is 3.89. The zero-order valence-electron chi connectivity index (χ0n) is 15.3. The molecule has 0 N–H and O–H groups in total. The van der Waals surface area contributed by atoms with Crippen molar-refractivity contribution in [3.8, 4) is 0 Å². The monoisotopic (exact) mass is 378 g/mol. The number of furan rings is 1. The zero-order chi connectivity index (χ0) is 20.1. The molecule has 0 spiro atoms. The Balaban J connectivity index is 1.93. The molecule has 0 aliphatic heterocycles. The quantitative estimate of drug-likeness (QED) is 0.330. The summed E-state index contributed by atoms with van der Waals surface area (Å²) in [4.78, 5) is 36.2. The van der Waals surface area contributed by atoms with Gasteiger partial charge in [0, 0.05) is 11.1 Å². The number of esters is 1. The van der Waals surface area contributed by atoms with Gasteiger partial charge in [-0.15, -0.1) is 0 Å². The van der Waals surface area contributed by atoms with Crippen LogP contribution in [0.1, 0.15) is 34.3 Å². The Morgan fingerprint density at radius 2 is 1.93 bits per heavy atom. The Morgan fingerprint density at radius 3 is 2.64 bits per heavy atom. The first kappa shape index (κ1) is 19.2. The van der Waals surface area contributed by atoms with Crippen molar-refractivity contribution in [2.45, 2.75) is 19.0 Å². The lowest BCUT2D eigenvalue weighted by atomic mass is 9.88. The fraction of sp³-hybridized carbons (Fsp3) is 0.190. The number of nitrogens with zero attached hydrogens (tertiary/aromatic N) is 2. The standard InChI is InChI=1S/C21H18N2O5/c1-13-8-9-15(20(25)19(13)24)18(16-10-11-17(28-16)21(26)27-2)23-22-12-14-6-4-3-5-7-14/h3-7,9-11,18H,1,8,12H2,2H3. The van der Waals surface area contributed by atoms with Crippen molar-refractivity contribution < 1.29 is 23.5 Å². The van der Waals surface area contributed by atoms with Crippen molar-refractivity contribution in [3.63, 3.8) is 0 Å². The maximum Gasteiger partial charge on any atom is 0.373 e. The van der Waals surface area contributed by atoms with Crippen molar-refractivity contribution in [3.05, 3.63) is 83.3 Å². The predicted octanol–water partition coefficient (Wildman–Crippen LogP) is 3.78. The van der Waals surface area contributed by atoms with Gasteiger partial charge in [0.1, 0.15) is 5.76 Å². The van der Waals surface area contributed by atoms with Crippen LogP contribution in [0.25, 0.3) is 0 Å². The largest absolute Gasteiger partial charge is 0.463 e. The number of methoxy groups -OCH3 is 1. The maximum absolute atomic E-state index is 12.5. The molecule has 1 atom stereocenters. The van der Waals surface area contributed by atoms with Crippen LogP contribution in [0.15, 0.2) is 80.9 Å². The third-order valence-electron chi connectivity index (χ3n) is 4.23. The fourth-order valence-electron chi connectivity index (χ4n) is 2.72. The summed E-state index contributed by atoms with van der Waals surface area (Å²) in [5, 5.41) is 8.40. The van der Waals surface area contributed by atoms with Crippen LogP contribution in [0.4, 0.5) is 0 Å². The first-order valence-corrected chi connectivity index (χ1v) is 8.56. The molecule has 0 bridgehead atoms. The van der Waals surface area contributed by atoms with Gasteiger partial charge in [0.2, 0.25) is 17.3 Å². The van der Waals surface area contributed by atoms with Gasteiger partial charge in [0.05, 0.1) is 13.7 Å². The minimum absolute atomic E-state index is 0.0274. The number of hydrogen-bond acceptors (Lipinski definition) is 7. The number of ketones is 2. The summed E-state index contributed by atoms with van der Waals surface area (Å²) in [5.41, 5.74) is 1.32. The van der Waals surface area contributed by atoms with Crippen LogP contribution in [0, 0.1) is 0 Å². The molecular weight excluding hydrogens is 360 g/mol. The molecule has 3 rings (SSSR count). The molecule has 1 unspecified atom stereocenters. The molecule has 0 saturated heterocycles. The van der Waals surface area contributed by atoms with E-state index in [0.717, 1.165) is 5.56 Å². The number of ether oxygens (including phenoxy) is 1. The van der Waals surface area contributed by atoms with Gasteiger partial charge < -0.3 is 9.15 Å². The highest BCUT2D eigenvalue weighted by molar-refractivity contribution is 6.50. The summed E-state index contributed by atoms with van der Waals surface area (Å²) in [7, 11) is 1.24. The Bertz CT molecular complexity index is 985. The average Bonchev–Trinajstić information content (AvgIpc) is 3.20. The third-order valence-corrected chi connectivity index (χ3v) is 4.23. The van der Waals surface area contributed by atoms with E-state index in [4.69, 9.17) is 4.42 Å².